The molecule has 0 saturated heterocycles. The van der Waals surface area contributed by atoms with Gasteiger partial charge in [-0.15, -0.1) is 0 Å². The monoisotopic (exact) mass is 394 g/mol. The first kappa shape index (κ1) is 17.6. The number of nitrogens with one attached hydrogen (secondary N) is 1. The molecule has 0 aromatic heterocycles. The molecule has 2 rings (SSSR count). The van der Waals surface area contributed by atoms with E-state index in [2.05, 4.69) is 26.5 Å². The highest BCUT2D eigenvalue weighted by molar-refractivity contribution is 9.10. The largest absolute Gasteiger partial charge is 0.504 e. The van der Waals surface area contributed by atoms with Gasteiger partial charge in [-0.25, -0.2) is 5.43 Å². The van der Waals surface area contributed by atoms with Gasteiger partial charge in [0.2, 0.25) is 5.75 Å². The second kappa shape index (κ2) is 7.69. The molecular weight excluding hydrogens is 380 g/mol. The molecule has 0 radical (unpaired) electrons. The van der Waals surface area contributed by atoms with Crippen LogP contribution in [0.15, 0.2) is 39.9 Å². The molecule has 8 heteroatoms. The molecular formula is C16H15BrN2O5. The van der Waals surface area contributed by atoms with Crippen molar-refractivity contribution in [1.82, 2.24) is 5.43 Å². The topological polar surface area (TPSA) is 111 Å². The van der Waals surface area contributed by atoms with Crippen LogP contribution in [0.25, 0.3) is 0 Å². The predicted molar refractivity (Wildman–Crippen MR) is 91.5 cm³/mol. The van der Waals surface area contributed by atoms with E-state index in [1.54, 1.807) is 6.07 Å². The molecule has 0 atom stereocenters. The van der Waals surface area contributed by atoms with E-state index in [1.165, 1.54) is 12.1 Å². The van der Waals surface area contributed by atoms with Gasteiger partial charge >= 0.3 is 0 Å². The van der Waals surface area contributed by atoms with Gasteiger partial charge in [-0.2, -0.15) is 5.10 Å². The summed E-state index contributed by atoms with van der Waals surface area (Å²) in [7, 11) is 0. The van der Waals surface area contributed by atoms with Gasteiger partial charge in [0.25, 0.3) is 5.91 Å². The SMILES string of the molecule is Cc1ccc(OCC(=O)N/N=C/c2ccc(O)c(O)c2O)c(Br)c1. The van der Waals surface area contributed by atoms with Gasteiger partial charge in [-0.1, -0.05) is 6.07 Å². The number of rotatable bonds is 5. The average Bonchev–Trinajstić information content (AvgIpc) is 2.54. The van der Waals surface area contributed by atoms with Crippen LogP contribution in [-0.2, 0) is 4.79 Å². The van der Waals surface area contributed by atoms with Gasteiger partial charge in [0.1, 0.15) is 5.75 Å². The Morgan fingerprint density at radius 2 is 2.00 bits per heavy atom. The highest BCUT2D eigenvalue weighted by atomic mass is 79.9. The van der Waals surface area contributed by atoms with E-state index >= 15 is 0 Å². The van der Waals surface area contributed by atoms with Gasteiger partial charge < -0.3 is 20.1 Å². The van der Waals surface area contributed by atoms with E-state index in [-0.39, 0.29) is 12.2 Å². The molecule has 0 heterocycles. The summed E-state index contributed by atoms with van der Waals surface area (Å²) in [6.07, 6.45) is 1.13. The lowest BCUT2D eigenvalue weighted by atomic mass is 10.2. The molecule has 1 amide bonds. The smallest absolute Gasteiger partial charge is 0.277 e. The van der Waals surface area contributed by atoms with E-state index in [9.17, 15) is 20.1 Å². The summed E-state index contributed by atoms with van der Waals surface area (Å²) in [5.74, 6) is -1.61. The van der Waals surface area contributed by atoms with E-state index in [4.69, 9.17) is 4.74 Å². The Labute approximate surface area is 146 Å². The lowest BCUT2D eigenvalue weighted by molar-refractivity contribution is -0.123. The zero-order valence-electron chi connectivity index (χ0n) is 12.7. The number of aromatic hydroxyl groups is 3. The maximum Gasteiger partial charge on any atom is 0.277 e. The van der Waals surface area contributed by atoms with Crippen molar-refractivity contribution in [2.45, 2.75) is 6.92 Å². The van der Waals surface area contributed by atoms with Crippen molar-refractivity contribution in [3.05, 3.63) is 45.9 Å². The first-order valence-corrected chi connectivity index (χ1v) is 7.62. The van der Waals surface area contributed by atoms with Crippen molar-refractivity contribution in [3.8, 4) is 23.0 Å². The molecule has 2 aromatic carbocycles. The summed E-state index contributed by atoms with van der Waals surface area (Å²) in [6, 6.07) is 7.99. The Hall–Kier alpha value is -2.74. The Bertz CT molecular complexity index is 792. The van der Waals surface area contributed by atoms with E-state index in [0.29, 0.717) is 5.75 Å². The summed E-state index contributed by atoms with van der Waals surface area (Å²) in [6.45, 7) is 1.69. The van der Waals surface area contributed by atoms with Crippen molar-refractivity contribution >= 4 is 28.1 Å². The number of amides is 1. The Kier molecular flexibility index (Phi) is 5.64. The quantitative estimate of drug-likeness (QED) is 0.353. The number of hydrazone groups is 1. The van der Waals surface area contributed by atoms with Crippen LogP contribution in [0.2, 0.25) is 0 Å². The number of carbonyl (C=O) groups is 1. The maximum absolute atomic E-state index is 11.7. The van der Waals surface area contributed by atoms with Crippen LogP contribution in [0.4, 0.5) is 0 Å². The highest BCUT2D eigenvalue weighted by Gasteiger charge is 2.09. The maximum atomic E-state index is 11.7. The Morgan fingerprint density at radius 3 is 2.71 bits per heavy atom. The number of phenols is 3. The zero-order chi connectivity index (χ0) is 17.7. The van der Waals surface area contributed by atoms with Gasteiger partial charge in [-0.05, 0) is 52.7 Å². The molecule has 0 aliphatic heterocycles. The average molecular weight is 395 g/mol. The third kappa shape index (κ3) is 4.39. The van der Waals surface area contributed by atoms with Crippen molar-refractivity contribution in [2.24, 2.45) is 5.10 Å². The fourth-order valence-electron chi connectivity index (χ4n) is 1.76. The fourth-order valence-corrected chi connectivity index (χ4v) is 2.37. The van der Waals surface area contributed by atoms with E-state index in [1.807, 2.05) is 19.1 Å². The summed E-state index contributed by atoms with van der Waals surface area (Å²) in [5.41, 5.74) is 3.42. The van der Waals surface area contributed by atoms with Crippen LogP contribution in [0.1, 0.15) is 11.1 Å². The van der Waals surface area contributed by atoms with Crippen LogP contribution in [0.5, 0.6) is 23.0 Å². The molecule has 0 aliphatic carbocycles. The molecule has 0 fully saturated rings. The molecule has 0 saturated carbocycles. The Morgan fingerprint density at radius 1 is 1.25 bits per heavy atom. The van der Waals surface area contributed by atoms with Crippen molar-refractivity contribution in [3.63, 3.8) is 0 Å². The van der Waals surface area contributed by atoms with Crippen LogP contribution in [0, 0.1) is 6.92 Å². The minimum absolute atomic E-state index is 0.132. The van der Waals surface area contributed by atoms with Crippen LogP contribution >= 0.6 is 15.9 Å². The third-order valence-corrected chi connectivity index (χ3v) is 3.62. The number of nitrogens with zero attached hydrogens (tertiary/aromatic N) is 1. The van der Waals surface area contributed by atoms with Gasteiger partial charge in [0.05, 0.1) is 10.7 Å². The summed E-state index contributed by atoms with van der Waals surface area (Å²) in [4.78, 5) is 11.7. The number of phenolic OH excluding ortho intramolecular Hbond substituents is 3. The highest BCUT2D eigenvalue weighted by Crippen LogP contribution is 2.36. The number of ether oxygens (including phenoxy) is 1. The van der Waals surface area contributed by atoms with Crippen LogP contribution < -0.4 is 10.2 Å². The zero-order valence-corrected chi connectivity index (χ0v) is 14.2. The number of benzene rings is 2. The van der Waals surface area contributed by atoms with Gasteiger partial charge in [0.15, 0.2) is 18.1 Å². The minimum Gasteiger partial charge on any atom is -0.504 e. The number of halogens is 1. The molecule has 7 nitrogen and oxygen atoms in total. The number of aryl methyl sites for hydroxylation is 1. The summed E-state index contributed by atoms with van der Waals surface area (Å²) < 4.78 is 6.10. The van der Waals surface area contributed by atoms with Crippen molar-refractivity contribution < 1.29 is 24.9 Å². The second-order valence-electron chi connectivity index (χ2n) is 4.89. The fraction of sp³-hybridized carbons (Fsp3) is 0.125. The molecule has 24 heavy (non-hydrogen) atoms. The van der Waals surface area contributed by atoms with Gasteiger partial charge in [-0.3, -0.25) is 4.79 Å². The molecule has 0 spiro atoms. The van der Waals surface area contributed by atoms with Gasteiger partial charge in [0, 0.05) is 5.56 Å². The predicted octanol–water partition coefficient (Wildman–Crippen LogP) is 2.40. The summed E-state index contributed by atoms with van der Waals surface area (Å²) in [5, 5.41) is 31.8. The van der Waals surface area contributed by atoms with Crippen molar-refractivity contribution in [2.75, 3.05) is 6.61 Å². The third-order valence-electron chi connectivity index (χ3n) is 3.00. The van der Waals surface area contributed by atoms with E-state index < -0.39 is 23.2 Å². The second-order valence-corrected chi connectivity index (χ2v) is 5.74. The van der Waals surface area contributed by atoms with E-state index in [0.717, 1.165) is 16.3 Å². The van der Waals surface area contributed by atoms with Crippen LogP contribution in [-0.4, -0.2) is 34.0 Å². The molecule has 2 aromatic rings. The summed E-state index contributed by atoms with van der Waals surface area (Å²) >= 11 is 3.34. The lowest BCUT2D eigenvalue weighted by Crippen LogP contribution is -2.24. The number of hydrogen-bond donors (Lipinski definition) is 4. The number of carbonyl (C=O) groups excluding carboxylic acids is 1. The first-order chi connectivity index (χ1) is 11.4. The minimum atomic E-state index is -0.655. The molecule has 0 bridgehead atoms. The molecule has 0 unspecified atom stereocenters. The number of hydrogen-bond acceptors (Lipinski definition) is 6. The molecule has 4 N–H and O–H groups in total. The first-order valence-electron chi connectivity index (χ1n) is 6.83. The van der Waals surface area contributed by atoms with Crippen LogP contribution in [0.3, 0.4) is 0 Å². The lowest BCUT2D eigenvalue weighted by Gasteiger charge is -2.07. The Balaban J connectivity index is 1.90. The standard InChI is InChI=1S/C16H15BrN2O5/c1-9-2-5-13(11(17)6-9)24-8-14(21)19-18-7-10-3-4-12(20)16(23)15(10)22/h2-7,20,22-23H,8H2,1H3,(H,19,21)/b18-7+. The molecule has 0 aliphatic rings. The molecule has 126 valence electrons. The normalized spacial score (nSPS) is 10.8. The van der Waals surface area contributed by atoms with Crippen molar-refractivity contribution in [1.29, 1.82) is 0 Å².